The monoisotopic (exact) mass is 829 g/mol. The van der Waals surface area contributed by atoms with Crippen molar-refractivity contribution in [2.75, 3.05) is 0 Å². The summed E-state index contributed by atoms with van der Waals surface area (Å²) in [7, 11) is -1.88. The van der Waals surface area contributed by atoms with Crippen LogP contribution in [0.4, 0.5) is 0 Å². The summed E-state index contributed by atoms with van der Waals surface area (Å²) in [6.45, 7) is 12.2. The second-order valence-corrected chi connectivity index (χ2v) is 24.3. The fourth-order valence-corrected chi connectivity index (χ4v) is 13.1. The van der Waals surface area contributed by atoms with Crippen molar-refractivity contribution in [1.82, 2.24) is 4.57 Å². The SMILES string of the molecule is CC(C)Cc1cc2[n+](cc1[Si](C)(C)C)C1(c3ccccc3-2)c2ccc3c(oc4ccccc43)c2-c2n(-c3cccc(-c4ccccc4)c3)c3ccc4c5ccccc5ccc4c3[n+]21. The first-order chi connectivity index (χ1) is 30.7. The number of pyridine rings is 1. The maximum atomic E-state index is 7.17. The van der Waals surface area contributed by atoms with Gasteiger partial charge in [-0.15, -0.1) is 9.13 Å². The van der Waals surface area contributed by atoms with Crippen molar-refractivity contribution in [3.05, 3.63) is 193 Å². The Morgan fingerprint density at radius 3 is 2.19 bits per heavy atom. The van der Waals surface area contributed by atoms with Crippen molar-refractivity contribution < 1.29 is 13.6 Å². The lowest BCUT2D eigenvalue weighted by atomic mass is 9.88. The zero-order valence-electron chi connectivity index (χ0n) is 36.3. The van der Waals surface area contributed by atoms with E-state index < -0.39 is 13.7 Å². The Morgan fingerprint density at radius 2 is 1.35 bits per heavy atom. The first-order valence-electron chi connectivity index (χ1n) is 22.4. The third-order valence-corrected chi connectivity index (χ3v) is 16.0. The summed E-state index contributed by atoms with van der Waals surface area (Å²) in [5, 5.41) is 8.75. The molecule has 5 heterocycles. The molecule has 2 aliphatic heterocycles. The van der Waals surface area contributed by atoms with Crippen LogP contribution < -0.4 is 14.3 Å². The number of hydrogen-bond acceptors (Lipinski definition) is 1. The molecule has 13 rings (SSSR count). The third kappa shape index (κ3) is 4.91. The molecule has 1 unspecified atom stereocenters. The molecule has 0 saturated heterocycles. The zero-order valence-corrected chi connectivity index (χ0v) is 37.3. The number of para-hydroxylation sites is 1. The topological polar surface area (TPSA) is 25.8 Å². The highest BCUT2D eigenvalue weighted by Crippen LogP contribution is 2.53. The maximum Gasteiger partial charge on any atom is 0.364 e. The molecule has 302 valence electrons. The van der Waals surface area contributed by atoms with Gasteiger partial charge < -0.3 is 4.42 Å². The molecular weight excluding hydrogens is 783 g/mol. The number of furan rings is 1. The van der Waals surface area contributed by atoms with Gasteiger partial charge >= 0.3 is 11.5 Å². The van der Waals surface area contributed by atoms with Crippen LogP contribution in [0.2, 0.25) is 19.6 Å². The molecule has 2 aliphatic rings. The van der Waals surface area contributed by atoms with E-state index in [1.807, 2.05) is 0 Å². The summed E-state index contributed by atoms with van der Waals surface area (Å²) in [4.78, 5) is 0. The predicted octanol–water partition coefficient (Wildman–Crippen LogP) is 13.1. The predicted molar refractivity (Wildman–Crippen MR) is 262 cm³/mol. The number of hydrogen-bond donors (Lipinski definition) is 0. The zero-order chi connectivity index (χ0) is 42.4. The van der Waals surface area contributed by atoms with Crippen LogP contribution in [-0.2, 0) is 12.1 Å². The number of fused-ring (bicyclic) bond motifs is 20. The Hall–Kier alpha value is -7.08. The number of rotatable bonds is 5. The quantitative estimate of drug-likeness (QED) is 0.0964. The van der Waals surface area contributed by atoms with Gasteiger partial charge in [0.25, 0.3) is 0 Å². The molecule has 1 spiro atoms. The van der Waals surface area contributed by atoms with Crippen LogP contribution in [0.15, 0.2) is 180 Å². The molecule has 63 heavy (non-hydrogen) atoms. The molecule has 5 heteroatoms. The van der Waals surface area contributed by atoms with Gasteiger partial charge in [-0.05, 0) is 106 Å². The molecule has 0 aliphatic carbocycles. The van der Waals surface area contributed by atoms with Crippen molar-refractivity contribution >= 4 is 67.8 Å². The maximum absolute atomic E-state index is 7.17. The molecule has 8 aromatic carbocycles. The van der Waals surface area contributed by atoms with E-state index in [1.165, 1.54) is 71.3 Å². The summed E-state index contributed by atoms with van der Waals surface area (Å²) in [5.41, 5.74) is 14.5. The molecular formula is C58H47N3OSi+2. The van der Waals surface area contributed by atoms with Crippen LogP contribution in [0.1, 0.15) is 30.5 Å². The van der Waals surface area contributed by atoms with Crippen molar-refractivity contribution in [2.24, 2.45) is 5.92 Å². The Bertz CT molecular complexity index is 3740. The van der Waals surface area contributed by atoms with Crippen LogP contribution in [0.25, 0.3) is 94.0 Å². The standard InChI is InChI=1S/C58H47N3OSi/c1-36(2)32-40-34-51-47-23-11-13-24-48(47)58(59(51)35-53(40)63(3,4)5)49-30-28-46-44-22-12-14-25-52(44)62-56(46)54(49)57-60(41-20-15-19-39(33-41)37-16-7-6-8-17-37)50-31-29-43-42-21-10-9-18-38(42)26-27-45(43)55(50)61(57)58/h6-31,33-36H,32H2,1-5H3/q+2. The molecule has 11 aromatic rings. The molecule has 3 aromatic heterocycles. The van der Waals surface area contributed by atoms with Crippen molar-refractivity contribution in [3.63, 3.8) is 0 Å². The van der Waals surface area contributed by atoms with E-state index in [4.69, 9.17) is 4.42 Å². The van der Waals surface area contributed by atoms with E-state index in [0.29, 0.717) is 5.92 Å². The van der Waals surface area contributed by atoms with Crippen LogP contribution in [0.5, 0.6) is 0 Å². The van der Waals surface area contributed by atoms with Gasteiger partial charge in [0, 0.05) is 27.4 Å². The normalized spacial score (nSPS) is 15.3. The third-order valence-electron chi connectivity index (χ3n) is 14.0. The Morgan fingerprint density at radius 1 is 0.619 bits per heavy atom. The molecule has 0 amide bonds. The highest BCUT2D eigenvalue weighted by molar-refractivity contribution is 6.89. The molecule has 4 nitrogen and oxygen atoms in total. The molecule has 0 N–H and O–H groups in total. The summed E-state index contributed by atoms with van der Waals surface area (Å²) in [6.07, 6.45) is 3.64. The first-order valence-corrected chi connectivity index (χ1v) is 25.9. The summed E-state index contributed by atoms with van der Waals surface area (Å²) >= 11 is 0. The van der Waals surface area contributed by atoms with Crippen LogP contribution in [0, 0.1) is 5.92 Å². The summed E-state index contributed by atoms with van der Waals surface area (Å²) < 4.78 is 15.1. The minimum absolute atomic E-state index is 0.536. The van der Waals surface area contributed by atoms with Gasteiger partial charge in [-0.3, -0.25) is 0 Å². The van der Waals surface area contributed by atoms with Gasteiger partial charge in [-0.25, -0.2) is 0 Å². The van der Waals surface area contributed by atoms with Gasteiger partial charge in [0.15, 0.2) is 22.8 Å². The minimum Gasteiger partial charge on any atom is -0.455 e. The van der Waals surface area contributed by atoms with Crippen molar-refractivity contribution in [1.29, 1.82) is 0 Å². The average molecular weight is 830 g/mol. The van der Waals surface area contributed by atoms with Crippen LogP contribution in [-0.4, -0.2) is 12.6 Å². The first kappa shape index (κ1) is 36.6. The van der Waals surface area contributed by atoms with E-state index in [0.717, 1.165) is 51.0 Å². The van der Waals surface area contributed by atoms with Crippen molar-refractivity contribution in [2.45, 2.75) is 45.6 Å². The molecule has 0 bridgehead atoms. The van der Waals surface area contributed by atoms with E-state index in [1.54, 1.807) is 0 Å². The summed E-state index contributed by atoms with van der Waals surface area (Å²) in [5.74, 6) is 1.65. The smallest absolute Gasteiger partial charge is 0.364 e. The van der Waals surface area contributed by atoms with E-state index in [2.05, 4.69) is 223 Å². The van der Waals surface area contributed by atoms with Gasteiger partial charge in [0.2, 0.25) is 5.69 Å². The Labute approximate surface area is 367 Å². The second kappa shape index (κ2) is 13.0. The van der Waals surface area contributed by atoms with E-state index in [9.17, 15) is 0 Å². The highest BCUT2D eigenvalue weighted by atomic mass is 28.3. The Balaban J connectivity index is 1.29. The fourth-order valence-electron chi connectivity index (χ4n) is 11.5. The largest absolute Gasteiger partial charge is 0.455 e. The number of aromatic nitrogens is 3. The Kier molecular flexibility index (Phi) is 7.53. The number of benzene rings is 8. The highest BCUT2D eigenvalue weighted by Gasteiger charge is 2.67. The second-order valence-electron chi connectivity index (χ2n) is 19.2. The van der Waals surface area contributed by atoms with E-state index >= 15 is 0 Å². The van der Waals surface area contributed by atoms with Crippen LogP contribution >= 0.6 is 0 Å². The van der Waals surface area contributed by atoms with Crippen molar-refractivity contribution in [3.8, 4) is 39.5 Å². The lowest BCUT2D eigenvalue weighted by Crippen LogP contribution is -2.72. The fraction of sp³-hybridized carbons (Fsp3) is 0.138. The summed E-state index contributed by atoms with van der Waals surface area (Å²) in [6, 6.07) is 63.2. The molecule has 0 saturated carbocycles. The number of imidazole rings is 1. The molecule has 0 radical (unpaired) electrons. The lowest BCUT2D eigenvalue weighted by molar-refractivity contribution is -0.944. The van der Waals surface area contributed by atoms with Gasteiger partial charge in [-0.1, -0.05) is 137 Å². The average Bonchev–Trinajstić information content (AvgIpc) is 4.02. The molecule has 0 fully saturated rings. The van der Waals surface area contributed by atoms with Crippen LogP contribution in [0.3, 0.4) is 0 Å². The lowest BCUT2D eigenvalue weighted by Gasteiger charge is -2.24. The molecule has 1 atom stereocenters. The number of nitrogens with zero attached hydrogens (tertiary/aromatic N) is 3. The van der Waals surface area contributed by atoms with Gasteiger partial charge in [0.05, 0.1) is 24.8 Å². The van der Waals surface area contributed by atoms with Gasteiger partial charge in [-0.2, -0.15) is 4.57 Å². The van der Waals surface area contributed by atoms with Gasteiger partial charge in [0.1, 0.15) is 16.8 Å². The minimum atomic E-state index is -1.88. The van der Waals surface area contributed by atoms with E-state index in [-0.39, 0.29) is 0 Å².